The van der Waals surface area contributed by atoms with E-state index in [9.17, 15) is 4.79 Å². The van der Waals surface area contributed by atoms with Gasteiger partial charge in [0.2, 0.25) is 5.65 Å². The first kappa shape index (κ1) is 13.7. The van der Waals surface area contributed by atoms with Crippen molar-refractivity contribution >= 4 is 29.0 Å². The minimum Gasteiger partial charge on any atom is -0.280 e. The fraction of sp³-hybridized carbons (Fsp3) is 0.0769. The predicted octanol–water partition coefficient (Wildman–Crippen LogP) is 2.15. The first-order valence-corrected chi connectivity index (χ1v) is 7.29. The lowest BCUT2D eigenvalue weighted by Gasteiger charge is -2.06. The summed E-state index contributed by atoms with van der Waals surface area (Å²) in [7, 11) is 0. The maximum Gasteiger partial charge on any atom is 0.300 e. The van der Waals surface area contributed by atoms with Gasteiger partial charge in [-0.3, -0.25) is 13.8 Å². The van der Waals surface area contributed by atoms with E-state index in [-0.39, 0.29) is 17.0 Å². The molecule has 0 N–H and O–H groups in total. The maximum atomic E-state index is 12.4. The van der Waals surface area contributed by atoms with Gasteiger partial charge in [-0.2, -0.15) is 5.26 Å². The van der Waals surface area contributed by atoms with Gasteiger partial charge in [-0.05, 0) is 18.2 Å². The summed E-state index contributed by atoms with van der Waals surface area (Å²) >= 11 is 7.17. The topological polar surface area (TPSA) is 76.0 Å². The minimum absolute atomic E-state index is 0.206. The Bertz CT molecular complexity index is 911. The van der Waals surface area contributed by atoms with E-state index in [2.05, 4.69) is 10.2 Å². The molecule has 0 amide bonds. The summed E-state index contributed by atoms with van der Waals surface area (Å²) in [5, 5.41) is 17.5. The number of halogens is 1. The molecule has 104 valence electrons. The number of thioether (sulfide) groups is 1. The molecule has 3 aromatic rings. The van der Waals surface area contributed by atoms with Crippen molar-refractivity contribution in [3.05, 3.63) is 52.0 Å². The van der Waals surface area contributed by atoms with Crippen LogP contribution in [0, 0.1) is 11.3 Å². The quantitative estimate of drug-likeness (QED) is 0.692. The van der Waals surface area contributed by atoms with Crippen LogP contribution in [0.5, 0.6) is 0 Å². The Morgan fingerprint density at radius 2 is 2.19 bits per heavy atom. The molecule has 2 aromatic heterocycles. The Morgan fingerprint density at radius 1 is 1.33 bits per heavy atom. The SMILES string of the molecule is N#CCSc1nnc2c(=O)n(-c3cccc(Cl)c3)ccn12. The molecule has 0 radical (unpaired) electrons. The molecule has 8 heteroatoms. The third-order valence-corrected chi connectivity index (χ3v) is 3.84. The molecular formula is C13H8ClN5OS. The van der Waals surface area contributed by atoms with E-state index in [0.29, 0.717) is 15.9 Å². The van der Waals surface area contributed by atoms with E-state index < -0.39 is 0 Å². The van der Waals surface area contributed by atoms with E-state index in [1.807, 2.05) is 6.07 Å². The Balaban J connectivity index is 2.14. The second-order valence-corrected chi connectivity index (χ2v) is 5.46. The van der Waals surface area contributed by atoms with Crippen molar-refractivity contribution in [3.8, 4) is 11.8 Å². The van der Waals surface area contributed by atoms with Crippen LogP contribution in [-0.2, 0) is 0 Å². The molecule has 0 saturated carbocycles. The standard InChI is InChI=1S/C13H8ClN5OS/c14-9-2-1-3-10(8-9)18-5-6-19-11(12(18)20)16-17-13(19)21-7-4-15/h1-3,5-6,8H,7H2. The summed E-state index contributed by atoms with van der Waals surface area (Å²) in [6.07, 6.45) is 3.32. The van der Waals surface area contributed by atoms with Gasteiger partial charge in [0.15, 0.2) is 5.16 Å². The normalized spacial score (nSPS) is 10.7. The van der Waals surface area contributed by atoms with E-state index in [1.54, 1.807) is 41.1 Å². The molecule has 2 heterocycles. The predicted molar refractivity (Wildman–Crippen MR) is 79.9 cm³/mol. The Hall–Kier alpha value is -2.30. The lowest BCUT2D eigenvalue weighted by atomic mass is 10.3. The van der Waals surface area contributed by atoms with Gasteiger partial charge in [0.05, 0.1) is 17.5 Å². The highest BCUT2D eigenvalue weighted by Crippen LogP contribution is 2.16. The fourth-order valence-electron chi connectivity index (χ4n) is 1.89. The smallest absolute Gasteiger partial charge is 0.280 e. The summed E-state index contributed by atoms with van der Waals surface area (Å²) in [4.78, 5) is 12.4. The van der Waals surface area contributed by atoms with Gasteiger partial charge in [0, 0.05) is 17.4 Å². The van der Waals surface area contributed by atoms with Crippen molar-refractivity contribution in [2.24, 2.45) is 0 Å². The van der Waals surface area contributed by atoms with Gasteiger partial charge < -0.3 is 0 Å². The first-order chi connectivity index (χ1) is 10.2. The fourth-order valence-corrected chi connectivity index (χ4v) is 2.65. The van der Waals surface area contributed by atoms with Crippen LogP contribution in [0.4, 0.5) is 0 Å². The highest BCUT2D eigenvalue weighted by atomic mass is 35.5. The Labute approximate surface area is 128 Å². The molecule has 1 aromatic carbocycles. The summed E-state index contributed by atoms with van der Waals surface area (Å²) in [6, 6.07) is 9.00. The summed E-state index contributed by atoms with van der Waals surface area (Å²) in [6.45, 7) is 0. The molecule has 0 aliphatic carbocycles. The molecule has 0 aliphatic rings. The molecule has 3 rings (SSSR count). The van der Waals surface area contributed by atoms with Crippen molar-refractivity contribution in [3.63, 3.8) is 0 Å². The molecule has 0 bridgehead atoms. The third-order valence-electron chi connectivity index (χ3n) is 2.79. The average molecular weight is 318 g/mol. The van der Waals surface area contributed by atoms with E-state index in [0.717, 1.165) is 0 Å². The average Bonchev–Trinajstić information content (AvgIpc) is 2.89. The van der Waals surface area contributed by atoms with Crippen molar-refractivity contribution in [2.75, 3.05) is 5.75 Å². The number of rotatable bonds is 3. The van der Waals surface area contributed by atoms with Crippen LogP contribution in [-0.4, -0.2) is 24.9 Å². The molecular weight excluding hydrogens is 310 g/mol. The molecule has 0 aliphatic heterocycles. The molecule has 0 fully saturated rings. The molecule has 21 heavy (non-hydrogen) atoms. The number of nitrogens with zero attached hydrogens (tertiary/aromatic N) is 5. The number of fused-ring (bicyclic) bond motifs is 1. The van der Waals surface area contributed by atoms with Crippen LogP contribution in [0.1, 0.15) is 0 Å². The Morgan fingerprint density at radius 3 is 2.95 bits per heavy atom. The van der Waals surface area contributed by atoms with Crippen LogP contribution in [0.2, 0.25) is 5.02 Å². The highest BCUT2D eigenvalue weighted by molar-refractivity contribution is 7.99. The van der Waals surface area contributed by atoms with Crippen molar-refractivity contribution in [1.29, 1.82) is 5.26 Å². The van der Waals surface area contributed by atoms with Gasteiger partial charge >= 0.3 is 5.56 Å². The number of hydrogen-bond donors (Lipinski definition) is 0. The van der Waals surface area contributed by atoms with Crippen molar-refractivity contribution in [1.82, 2.24) is 19.2 Å². The lowest BCUT2D eigenvalue weighted by molar-refractivity contribution is 0.894. The van der Waals surface area contributed by atoms with Crippen LogP contribution in [0.3, 0.4) is 0 Å². The molecule has 6 nitrogen and oxygen atoms in total. The van der Waals surface area contributed by atoms with Gasteiger partial charge in [-0.1, -0.05) is 29.4 Å². The Kier molecular flexibility index (Phi) is 3.64. The monoisotopic (exact) mass is 317 g/mol. The molecule has 0 atom stereocenters. The van der Waals surface area contributed by atoms with Gasteiger partial charge in [-0.25, -0.2) is 0 Å². The van der Waals surface area contributed by atoms with Gasteiger partial charge in [-0.15, -0.1) is 10.2 Å². The third kappa shape index (κ3) is 2.51. The zero-order valence-corrected chi connectivity index (χ0v) is 12.2. The summed E-state index contributed by atoms with van der Waals surface area (Å²) in [5.74, 6) is 0.248. The number of aromatic nitrogens is 4. The minimum atomic E-state index is -0.295. The van der Waals surface area contributed by atoms with E-state index in [1.165, 1.54) is 16.3 Å². The zero-order chi connectivity index (χ0) is 14.8. The molecule has 0 saturated heterocycles. The first-order valence-electron chi connectivity index (χ1n) is 5.93. The van der Waals surface area contributed by atoms with Crippen LogP contribution < -0.4 is 5.56 Å². The van der Waals surface area contributed by atoms with Crippen LogP contribution in [0.15, 0.2) is 46.6 Å². The van der Waals surface area contributed by atoms with Gasteiger partial charge in [0.25, 0.3) is 0 Å². The highest BCUT2D eigenvalue weighted by Gasteiger charge is 2.11. The number of hydrogen-bond acceptors (Lipinski definition) is 5. The zero-order valence-electron chi connectivity index (χ0n) is 10.6. The molecule has 0 unspecified atom stereocenters. The lowest BCUT2D eigenvalue weighted by Crippen LogP contribution is -2.20. The van der Waals surface area contributed by atoms with Crippen LogP contribution in [0.25, 0.3) is 11.3 Å². The largest absolute Gasteiger partial charge is 0.300 e. The maximum absolute atomic E-state index is 12.4. The van der Waals surface area contributed by atoms with E-state index in [4.69, 9.17) is 16.9 Å². The second-order valence-electron chi connectivity index (χ2n) is 4.08. The van der Waals surface area contributed by atoms with Crippen molar-refractivity contribution < 1.29 is 0 Å². The van der Waals surface area contributed by atoms with Crippen molar-refractivity contribution in [2.45, 2.75) is 5.16 Å². The van der Waals surface area contributed by atoms with E-state index >= 15 is 0 Å². The molecule has 0 spiro atoms. The van der Waals surface area contributed by atoms with Crippen LogP contribution >= 0.6 is 23.4 Å². The summed E-state index contributed by atoms with van der Waals surface area (Å²) in [5.41, 5.74) is 0.568. The number of nitriles is 1. The number of benzene rings is 1. The second kappa shape index (κ2) is 5.60. The van der Waals surface area contributed by atoms with Gasteiger partial charge in [0.1, 0.15) is 0 Å². The summed E-state index contributed by atoms with van der Waals surface area (Å²) < 4.78 is 3.03.